The van der Waals surface area contributed by atoms with E-state index in [2.05, 4.69) is 5.32 Å². The second-order valence-electron chi connectivity index (χ2n) is 6.63. The number of benzene rings is 3. The second-order valence-corrected chi connectivity index (χ2v) is 7.50. The van der Waals surface area contributed by atoms with Crippen molar-refractivity contribution in [2.24, 2.45) is 0 Å². The molecule has 2 amide bonds. The van der Waals surface area contributed by atoms with E-state index in [9.17, 15) is 9.59 Å². The van der Waals surface area contributed by atoms with Crippen LogP contribution in [0.5, 0.6) is 0 Å². The van der Waals surface area contributed by atoms with Crippen molar-refractivity contribution in [1.82, 2.24) is 0 Å². The van der Waals surface area contributed by atoms with Gasteiger partial charge in [-0.1, -0.05) is 65.7 Å². The van der Waals surface area contributed by atoms with E-state index in [0.29, 0.717) is 32.6 Å². The lowest BCUT2D eigenvalue weighted by Crippen LogP contribution is -2.32. The fourth-order valence-corrected chi connectivity index (χ4v) is 3.59. The first-order chi connectivity index (χ1) is 14.0. The molecule has 3 aromatic carbocycles. The third-order valence-corrected chi connectivity index (χ3v) is 5.14. The van der Waals surface area contributed by atoms with Gasteiger partial charge in [0.25, 0.3) is 11.8 Å². The minimum absolute atomic E-state index is 0.201. The van der Waals surface area contributed by atoms with Crippen LogP contribution in [0.2, 0.25) is 10.0 Å². The summed E-state index contributed by atoms with van der Waals surface area (Å²) >= 11 is 12.2. The summed E-state index contributed by atoms with van der Waals surface area (Å²) in [6.45, 7) is 1.90. The summed E-state index contributed by atoms with van der Waals surface area (Å²) in [5.41, 5.74) is 3.13. The van der Waals surface area contributed by atoms with Crippen molar-refractivity contribution in [1.29, 1.82) is 0 Å². The van der Waals surface area contributed by atoms with Gasteiger partial charge in [-0.15, -0.1) is 0 Å². The first-order valence-corrected chi connectivity index (χ1v) is 9.68. The summed E-state index contributed by atoms with van der Waals surface area (Å²) in [6, 6.07) is 21.1. The zero-order valence-corrected chi connectivity index (χ0v) is 17.0. The Morgan fingerprint density at radius 3 is 2.24 bits per heavy atom. The van der Waals surface area contributed by atoms with Crippen molar-refractivity contribution in [3.63, 3.8) is 0 Å². The standard InChI is InChI=1S/C23H16Cl2N2O2/c1-14-10-11-17(25)13-19(14)26-21-20(15-6-3-2-4-7-15)22(28)27(23(21)29)18-9-5-8-16(24)12-18/h2-13,26H,1H3. The number of aryl methyl sites for hydroxylation is 1. The van der Waals surface area contributed by atoms with E-state index in [-0.39, 0.29) is 5.70 Å². The molecule has 1 N–H and O–H groups in total. The van der Waals surface area contributed by atoms with Crippen molar-refractivity contribution in [2.75, 3.05) is 10.2 Å². The van der Waals surface area contributed by atoms with E-state index in [1.165, 1.54) is 0 Å². The molecule has 1 heterocycles. The molecule has 6 heteroatoms. The summed E-state index contributed by atoms with van der Waals surface area (Å²) in [5, 5.41) is 4.12. The van der Waals surface area contributed by atoms with Gasteiger partial charge in [-0.25, -0.2) is 4.90 Å². The monoisotopic (exact) mass is 422 g/mol. The molecule has 0 saturated carbocycles. The number of rotatable bonds is 4. The van der Waals surface area contributed by atoms with Gasteiger partial charge in [-0.2, -0.15) is 0 Å². The molecule has 1 aliphatic rings. The quantitative estimate of drug-likeness (QED) is 0.548. The summed E-state index contributed by atoms with van der Waals surface area (Å²) in [7, 11) is 0. The highest BCUT2D eigenvalue weighted by molar-refractivity contribution is 6.46. The maximum Gasteiger partial charge on any atom is 0.282 e. The number of anilines is 2. The maximum absolute atomic E-state index is 13.3. The van der Waals surface area contributed by atoms with Crippen molar-refractivity contribution < 1.29 is 9.59 Å². The second kappa shape index (κ2) is 7.74. The first-order valence-electron chi connectivity index (χ1n) is 8.93. The van der Waals surface area contributed by atoms with Gasteiger partial charge in [-0.3, -0.25) is 9.59 Å². The number of halogens is 2. The highest BCUT2D eigenvalue weighted by Crippen LogP contribution is 2.35. The molecule has 0 atom stereocenters. The lowest BCUT2D eigenvalue weighted by molar-refractivity contribution is -0.120. The first kappa shape index (κ1) is 19.2. The Balaban J connectivity index is 1.85. The molecule has 0 saturated heterocycles. The van der Waals surface area contributed by atoms with Crippen LogP contribution < -0.4 is 10.2 Å². The van der Waals surface area contributed by atoms with E-state index in [1.807, 2.05) is 31.2 Å². The largest absolute Gasteiger partial charge is 0.350 e. The molecule has 0 fully saturated rings. The zero-order valence-electron chi connectivity index (χ0n) is 15.4. The number of carbonyl (C=O) groups excluding carboxylic acids is 2. The molecule has 4 nitrogen and oxygen atoms in total. The van der Waals surface area contributed by atoms with Crippen molar-refractivity contribution in [2.45, 2.75) is 6.92 Å². The van der Waals surface area contributed by atoms with E-state index in [1.54, 1.807) is 48.5 Å². The Bertz CT molecular complexity index is 1160. The van der Waals surface area contributed by atoms with Crippen molar-refractivity contribution in [3.05, 3.63) is 99.7 Å². The average molecular weight is 423 g/mol. The van der Waals surface area contributed by atoms with Gasteiger partial charge in [-0.05, 0) is 48.4 Å². The molecule has 0 radical (unpaired) electrons. The Hall–Kier alpha value is -3.08. The summed E-state index contributed by atoms with van der Waals surface area (Å²) in [6.07, 6.45) is 0. The minimum atomic E-state index is -0.449. The molecule has 144 valence electrons. The summed E-state index contributed by atoms with van der Waals surface area (Å²) in [5.74, 6) is -0.860. The van der Waals surface area contributed by atoms with Crippen LogP contribution in [0.1, 0.15) is 11.1 Å². The van der Waals surface area contributed by atoms with Gasteiger partial charge in [0.1, 0.15) is 5.70 Å². The van der Waals surface area contributed by atoms with E-state index >= 15 is 0 Å². The highest BCUT2D eigenvalue weighted by atomic mass is 35.5. The Labute approximate surface area is 178 Å². The number of hydrogen-bond acceptors (Lipinski definition) is 3. The van der Waals surface area contributed by atoms with Crippen LogP contribution in [0.3, 0.4) is 0 Å². The average Bonchev–Trinajstić information content (AvgIpc) is 2.95. The maximum atomic E-state index is 13.3. The summed E-state index contributed by atoms with van der Waals surface area (Å²) < 4.78 is 0. The third kappa shape index (κ3) is 3.65. The Morgan fingerprint density at radius 2 is 1.52 bits per heavy atom. The molecule has 0 spiro atoms. The molecule has 1 aliphatic heterocycles. The van der Waals surface area contributed by atoms with Gasteiger partial charge in [0.05, 0.1) is 11.3 Å². The SMILES string of the molecule is Cc1ccc(Cl)cc1NC1=C(c2ccccc2)C(=O)N(c2cccc(Cl)c2)C1=O. The third-order valence-electron chi connectivity index (χ3n) is 4.67. The van der Waals surface area contributed by atoms with Crippen molar-refractivity contribution in [3.8, 4) is 0 Å². The lowest BCUT2D eigenvalue weighted by Gasteiger charge is -2.16. The van der Waals surface area contributed by atoms with Crippen LogP contribution in [0, 0.1) is 6.92 Å². The van der Waals surface area contributed by atoms with Crippen molar-refractivity contribution >= 4 is 52.0 Å². The van der Waals surface area contributed by atoms with Crippen LogP contribution in [-0.2, 0) is 9.59 Å². The lowest BCUT2D eigenvalue weighted by atomic mass is 10.0. The highest BCUT2D eigenvalue weighted by Gasteiger charge is 2.40. The smallest absolute Gasteiger partial charge is 0.282 e. The number of nitrogens with one attached hydrogen (secondary N) is 1. The van der Waals surface area contributed by atoms with Crippen LogP contribution in [-0.4, -0.2) is 11.8 Å². The number of imide groups is 1. The van der Waals surface area contributed by atoms with Gasteiger partial charge in [0.2, 0.25) is 0 Å². The number of carbonyl (C=O) groups is 2. The number of nitrogens with zero attached hydrogens (tertiary/aromatic N) is 1. The molecule has 4 rings (SSSR count). The topological polar surface area (TPSA) is 49.4 Å². The molecule has 0 aliphatic carbocycles. The van der Waals surface area contributed by atoms with E-state index in [0.717, 1.165) is 10.5 Å². The minimum Gasteiger partial charge on any atom is -0.350 e. The van der Waals surface area contributed by atoms with Crippen LogP contribution in [0.15, 0.2) is 78.5 Å². The zero-order chi connectivity index (χ0) is 20.5. The number of hydrogen-bond donors (Lipinski definition) is 1. The molecule has 0 aromatic heterocycles. The van der Waals surface area contributed by atoms with Crippen LogP contribution >= 0.6 is 23.2 Å². The number of amides is 2. The molecular formula is C23H16Cl2N2O2. The van der Waals surface area contributed by atoms with Gasteiger partial charge in [0.15, 0.2) is 0 Å². The Kier molecular flexibility index (Phi) is 5.14. The normalized spacial score (nSPS) is 14.0. The van der Waals surface area contributed by atoms with E-state index in [4.69, 9.17) is 23.2 Å². The molecule has 0 unspecified atom stereocenters. The Morgan fingerprint density at radius 1 is 0.793 bits per heavy atom. The fraction of sp³-hybridized carbons (Fsp3) is 0.0435. The van der Waals surface area contributed by atoms with Crippen LogP contribution in [0.4, 0.5) is 11.4 Å². The van der Waals surface area contributed by atoms with Gasteiger partial charge >= 0.3 is 0 Å². The van der Waals surface area contributed by atoms with Crippen LogP contribution in [0.25, 0.3) is 5.57 Å². The molecule has 0 bridgehead atoms. The van der Waals surface area contributed by atoms with Gasteiger partial charge < -0.3 is 5.32 Å². The molecular weight excluding hydrogens is 407 g/mol. The van der Waals surface area contributed by atoms with E-state index < -0.39 is 11.8 Å². The van der Waals surface area contributed by atoms with Gasteiger partial charge in [0, 0.05) is 15.7 Å². The summed E-state index contributed by atoms with van der Waals surface area (Å²) in [4.78, 5) is 27.8. The molecule has 3 aromatic rings. The predicted molar refractivity (Wildman–Crippen MR) is 117 cm³/mol. The molecule has 29 heavy (non-hydrogen) atoms. The fourth-order valence-electron chi connectivity index (χ4n) is 3.23. The predicted octanol–water partition coefficient (Wildman–Crippen LogP) is 5.70.